The van der Waals surface area contributed by atoms with Crippen molar-refractivity contribution in [2.24, 2.45) is 0 Å². The number of nitrogens with one attached hydrogen (secondary N) is 1. The number of hydrogen-bond donors (Lipinski definition) is 1. The Morgan fingerprint density at radius 1 is 1.29 bits per heavy atom. The number of aromatic nitrogens is 3. The average molecular weight is 284 g/mol. The van der Waals surface area contributed by atoms with Crippen LogP contribution in [0.2, 0.25) is 0 Å². The highest BCUT2D eigenvalue weighted by Gasteiger charge is 2.16. The maximum atomic E-state index is 4.74. The Labute approximate surface area is 126 Å². The minimum atomic E-state index is 0.290. The summed E-state index contributed by atoms with van der Waals surface area (Å²) >= 11 is 0. The van der Waals surface area contributed by atoms with Crippen LogP contribution in [0, 0.1) is 0 Å². The molecule has 1 fully saturated rings. The van der Waals surface area contributed by atoms with Gasteiger partial charge in [0.05, 0.1) is 11.7 Å². The topological polar surface area (TPSA) is 42.7 Å². The second kappa shape index (κ2) is 6.85. The zero-order valence-electron chi connectivity index (χ0n) is 12.7. The molecule has 21 heavy (non-hydrogen) atoms. The van der Waals surface area contributed by atoms with Crippen LogP contribution in [0.1, 0.15) is 62.4 Å². The van der Waals surface area contributed by atoms with E-state index in [1.165, 1.54) is 37.7 Å². The Morgan fingerprint density at radius 3 is 2.90 bits per heavy atom. The first kappa shape index (κ1) is 14.3. The minimum Gasteiger partial charge on any atom is -0.304 e. The second-order valence-corrected chi connectivity index (χ2v) is 5.97. The molecule has 2 aromatic rings. The van der Waals surface area contributed by atoms with E-state index >= 15 is 0 Å². The molecule has 1 N–H and O–H groups in total. The lowest BCUT2D eigenvalue weighted by molar-refractivity contribution is 0.327. The van der Waals surface area contributed by atoms with Crippen LogP contribution in [0.25, 0.3) is 0 Å². The molecule has 2 heterocycles. The van der Waals surface area contributed by atoms with Crippen molar-refractivity contribution in [1.29, 1.82) is 0 Å². The highest BCUT2D eigenvalue weighted by Crippen LogP contribution is 2.27. The van der Waals surface area contributed by atoms with Gasteiger partial charge in [0, 0.05) is 31.2 Å². The first-order valence-electron chi connectivity index (χ1n) is 8.00. The number of hydrogen-bond acceptors (Lipinski definition) is 3. The van der Waals surface area contributed by atoms with Gasteiger partial charge in [-0.25, -0.2) is 0 Å². The molecular formula is C17H24N4. The molecule has 1 atom stereocenters. The summed E-state index contributed by atoms with van der Waals surface area (Å²) in [6.45, 7) is 2.96. The summed E-state index contributed by atoms with van der Waals surface area (Å²) in [6.07, 6.45) is 12.5. The number of rotatable bonds is 5. The van der Waals surface area contributed by atoms with Crippen LogP contribution in [0.3, 0.4) is 0 Å². The van der Waals surface area contributed by atoms with Crippen LogP contribution in [-0.4, -0.2) is 14.8 Å². The average Bonchev–Trinajstić information content (AvgIpc) is 3.03. The Kier molecular flexibility index (Phi) is 4.65. The van der Waals surface area contributed by atoms with Gasteiger partial charge in [-0.1, -0.05) is 25.3 Å². The molecule has 1 saturated carbocycles. The van der Waals surface area contributed by atoms with E-state index in [4.69, 9.17) is 5.10 Å². The van der Waals surface area contributed by atoms with Crippen LogP contribution in [0.15, 0.2) is 36.8 Å². The fourth-order valence-electron chi connectivity index (χ4n) is 3.03. The molecular weight excluding hydrogens is 260 g/mol. The standard InChI is InChI=1S/C17H24N4/c1-14(15-6-5-10-18-12-15)19-13-16-9-11-21(20-16)17-7-3-2-4-8-17/h5-6,9-12,14,17,19H,2-4,7-8,13H2,1H3. The lowest BCUT2D eigenvalue weighted by Crippen LogP contribution is -2.19. The molecule has 1 aliphatic rings. The van der Waals surface area contributed by atoms with E-state index in [2.05, 4.69) is 40.2 Å². The summed E-state index contributed by atoms with van der Waals surface area (Å²) in [5.74, 6) is 0. The van der Waals surface area contributed by atoms with E-state index in [1.807, 2.05) is 18.5 Å². The monoisotopic (exact) mass is 284 g/mol. The van der Waals surface area contributed by atoms with Crippen molar-refractivity contribution in [2.75, 3.05) is 0 Å². The molecule has 0 aliphatic heterocycles. The molecule has 4 heteroatoms. The molecule has 2 aromatic heterocycles. The van der Waals surface area contributed by atoms with Crippen molar-refractivity contribution in [1.82, 2.24) is 20.1 Å². The molecule has 112 valence electrons. The first-order valence-corrected chi connectivity index (χ1v) is 8.00. The smallest absolute Gasteiger partial charge is 0.0762 e. The fourth-order valence-corrected chi connectivity index (χ4v) is 3.03. The highest BCUT2D eigenvalue weighted by atomic mass is 15.3. The molecule has 3 rings (SSSR count). The third-order valence-electron chi connectivity index (χ3n) is 4.39. The highest BCUT2D eigenvalue weighted by molar-refractivity contribution is 5.13. The molecule has 4 nitrogen and oxygen atoms in total. The van der Waals surface area contributed by atoms with E-state index < -0.39 is 0 Å². The van der Waals surface area contributed by atoms with Gasteiger partial charge in [-0.05, 0) is 37.5 Å². The second-order valence-electron chi connectivity index (χ2n) is 5.97. The van der Waals surface area contributed by atoms with Crippen LogP contribution < -0.4 is 5.32 Å². The van der Waals surface area contributed by atoms with Gasteiger partial charge in [0.1, 0.15) is 0 Å². The quantitative estimate of drug-likeness (QED) is 0.911. The lowest BCUT2D eigenvalue weighted by Gasteiger charge is -2.21. The van der Waals surface area contributed by atoms with Crippen molar-refractivity contribution in [3.63, 3.8) is 0 Å². The van der Waals surface area contributed by atoms with Crippen molar-refractivity contribution in [3.05, 3.63) is 48.0 Å². The van der Waals surface area contributed by atoms with Crippen LogP contribution in [-0.2, 0) is 6.54 Å². The van der Waals surface area contributed by atoms with Gasteiger partial charge in [0.2, 0.25) is 0 Å². The Morgan fingerprint density at radius 2 is 2.14 bits per heavy atom. The largest absolute Gasteiger partial charge is 0.304 e. The van der Waals surface area contributed by atoms with E-state index in [-0.39, 0.29) is 0 Å². The van der Waals surface area contributed by atoms with Gasteiger partial charge in [-0.15, -0.1) is 0 Å². The summed E-state index contributed by atoms with van der Waals surface area (Å²) < 4.78 is 2.17. The van der Waals surface area contributed by atoms with Crippen molar-refractivity contribution >= 4 is 0 Å². The van der Waals surface area contributed by atoms with Gasteiger partial charge in [0.15, 0.2) is 0 Å². The third kappa shape index (κ3) is 3.70. The van der Waals surface area contributed by atoms with Crippen molar-refractivity contribution in [3.8, 4) is 0 Å². The van der Waals surface area contributed by atoms with Gasteiger partial charge >= 0.3 is 0 Å². The predicted octanol–water partition coefficient (Wildman–Crippen LogP) is 3.63. The SMILES string of the molecule is CC(NCc1ccn(C2CCCCC2)n1)c1cccnc1. The molecule has 0 spiro atoms. The minimum absolute atomic E-state index is 0.290. The Hall–Kier alpha value is -1.68. The maximum absolute atomic E-state index is 4.74. The molecule has 0 radical (unpaired) electrons. The molecule has 0 aromatic carbocycles. The summed E-state index contributed by atoms with van der Waals surface area (Å²) in [6, 6.07) is 7.12. The summed E-state index contributed by atoms with van der Waals surface area (Å²) in [5, 5.41) is 8.25. The number of pyridine rings is 1. The Balaban J connectivity index is 1.55. The molecule has 1 unspecified atom stereocenters. The summed E-state index contributed by atoms with van der Waals surface area (Å²) in [5.41, 5.74) is 2.33. The fraction of sp³-hybridized carbons (Fsp3) is 0.529. The Bertz CT molecular complexity index is 543. The zero-order valence-corrected chi connectivity index (χ0v) is 12.7. The zero-order chi connectivity index (χ0) is 14.5. The van der Waals surface area contributed by atoms with Crippen LogP contribution >= 0.6 is 0 Å². The van der Waals surface area contributed by atoms with E-state index in [0.29, 0.717) is 12.1 Å². The lowest BCUT2D eigenvalue weighted by atomic mass is 9.96. The van der Waals surface area contributed by atoms with E-state index in [9.17, 15) is 0 Å². The van der Waals surface area contributed by atoms with E-state index in [1.54, 1.807) is 0 Å². The summed E-state index contributed by atoms with van der Waals surface area (Å²) in [7, 11) is 0. The first-order chi connectivity index (χ1) is 10.3. The number of nitrogens with zero attached hydrogens (tertiary/aromatic N) is 3. The third-order valence-corrected chi connectivity index (χ3v) is 4.39. The van der Waals surface area contributed by atoms with Crippen LogP contribution in [0.4, 0.5) is 0 Å². The van der Waals surface area contributed by atoms with Gasteiger partial charge in [-0.2, -0.15) is 5.10 Å². The van der Waals surface area contributed by atoms with Gasteiger partial charge in [-0.3, -0.25) is 9.67 Å². The molecule has 0 saturated heterocycles. The molecule has 1 aliphatic carbocycles. The van der Waals surface area contributed by atoms with E-state index in [0.717, 1.165) is 12.2 Å². The summed E-state index contributed by atoms with van der Waals surface area (Å²) in [4.78, 5) is 4.17. The van der Waals surface area contributed by atoms with Crippen molar-refractivity contribution in [2.45, 2.75) is 57.7 Å². The molecule has 0 amide bonds. The predicted molar refractivity (Wildman–Crippen MR) is 83.8 cm³/mol. The van der Waals surface area contributed by atoms with Crippen LogP contribution in [0.5, 0.6) is 0 Å². The normalized spacial score (nSPS) is 17.8. The van der Waals surface area contributed by atoms with Gasteiger partial charge in [0.25, 0.3) is 0 Å². The molecule has 0 bridgehead atoms. The maximum Gasteiger partial charge on any atom is 0.0762 e. The van der Waals surface area contributed by atoms with Gasteiger partial charge < -0.3 is 5.32 Å². The van der Waals surface area contributed by atoms with Crippen molar-refractivity contribution < 1.29 is 0 Å².